The van der Waals surface area contributed by atoms with E-state index >= 15 is 0 Å². The second-order valence-electron chi connectivity index (χ2n) is 3.69. The Balaban J connectivity index is 2.30. The molecule has 0 atom stereocenters. The van der Waals surface area contributed by atoms with E-state index in [4.69, 9.17) is 22.7 Å². The summed E-state index contributed by atoms with van der Waals surface area (Å²) in [6.07, 6.45) is 2.43. The van der Waals surface area contributed by atoms with Crippen molar-refractivity contribution >= 4 is 22.9 Å². The summed E-state index contributed by atoms with van der Waals surface area (Å²) >= 11 is 5.00. The van der Waals surface area contributed by atoms with Gasteiger partial charge in [0.15, 0.2) is 0 Å². The Hall–Kier alpha value is -1.29. The number of thiocarbonyl (C=S) groups is 1. The maximum atomic E-state index is 5.65. The SMILES string of the molecule is COc1ccc(C(N)=S)c(NC2CC2)c1. The molecule has 0 spiro atoms. The molecule has 0 aliphatic heterocycles. The molecule has 3 N–H and O–H groups in total. The van der Waals surface area contributed by atoms with Gasteiger partial charge in [-0.15, -0.1) is 0 Å². The van der Waals surface area contributed by atoms with Gasteiger partial charge in [-0.05, 0) is 25.0 Å². The molecule has 1 aromatic rings. The molecule has 1 saturated carbocycles. The molecule has 1 aliphatic carbocycles. The van der Waals surface area contributed by atoms with Gasteiger partial charge in [-0.3, -0.25) is 0 Å². The molecule has 2 rings (SSSR count). The summed E-state index contributed by atoms with van der Waals surface area (Å²) < 4.78 is 5.17. The molecule has 80 valence electrons. The molecule has 0 radical (unpaired) electrons. The molecule has 0 amide bonds. The van der Waals surface area contributed by atoms with E-state index < -0.39 is 0 Å². The second-order valence-corrected chi connectivity index (χ2v) is 4.13. The van der Waals surface area contributed by atoms with Crippen LogP contribution in [0.4, 0.5) is 5.69 Å². The van der Waals surface area contributed by atoms with Crippen LogP contribution < -0.4 is 15.8 Å². The van der Waals surface area contributed by atoms with Crippen molar-refractivity contribution in [3.63, 3.8) is 0 Å². The zero-order chi connectivity index (χ0) is 10.8. The first-order valence-electron chi connectivity index (χ1n) is 4.95. The monoisotopic (exact) mass is 222 g/mol. The highest BCUT2D eigenvalue weighted by molar-refractivity contribution is 7.80. The zero-order valence-electron chi connectivity index (χ0n) is 8.62. The lowest BCUT2D eigenvalue weighted by atomic mass is 10.1. The molecule has 3 nitrogen and oxygen atoms in total. The Labute approximate surface area is 94.6 Å². The van der Waals surface area contributed by atoms with E-state index in [1.54, 1.807) is 7.11 Å². The summed E-state index contributed by atoms with van der Waals surface area (Å²) in [7, 11) is 1.65. The van der Waals surface area contributed by atoms with Gasteiger partial charge < -0.3 is 15.8 Å². The maximum absolute atomic E-state index is 5.65. The van der Waals surface area contributed by atoms with E-state index in [1.807, 2.05) is 18.2 Å². The van der Waals surface area contributed by atoms with Crippen LogP contribution in [-0.2, 0) is 0 Å². The first-order chi connectivity index (χ1) is 7.20. The lowest BCUT2D eigenvalue weighted by Crippen LogP contribution is -2.14. The number of hydrogen-bond donors (Lipinski definition) is 2. The summed E-state index contributed by atoms with van der Waals surface area (Å²) in [5.74, 6) is 0.818. The number of anilines is 1. The van der Waals surface area contributed by atoms with Crippen molar-refractivity contribution in [3.8, 4) is 5.75 Å². The summed E-state index contributed by atoms with van der Waals surface area (Å²) in [6.45, 7) is 0. The highest BCUT2D eigenvalue weighted by Gasteiger charge is 2.22. The number of nitrogens with one attached hydrogen (secondary N) is 1. The highest BCUT2D eigenvalue weighted by atomic mass is 32.1. The van der Waals surface area contributed by atoms with Crippen molar-refractivity contribution in [1.82, 2.24) is 0 Å². The predicted octanol–water partition coefficient (Wildman–Crippen LogP) is 1.90. The molecule has 1 aromatic carbocycles. The molecule has 1 aliphatic rings. The molecule has 0 saturated heterocycles. The van der Waals surface area contributed by atoms with Crippen molar-refractivity contribution in [2.45, 2.75) is 18.9 Å². The fourth-order valence-corrected chi connectivity index (χ4v) is 1.61. The summed E-state index contributed by atoms with van der Waals surface area (Å²) in [6, 6.07) is 6.27. The normalized spacial score (nSPS) is 14.7. The number of nitrogens with two attached hydrogens (primary N) is 1. The lowest BCUT2D eigenvalue weighted by Gasteiger charge is -2.11. The fraction of sp³-hybridized carbons (Fsp3) is 0.364. The van der Waals surface area contributed by atoms with Crippen LogP contribution in [-0.4, -0.2) is 18.1 Å². The van der Waals surface area contributed by atoms with E-state index in [1.165, 1.54) is 12.8 Å². The van der Waals surface area contributed by atoms with Crippen LogP contribution in [0.5, 0.6) is 5.75 Å². The van der Waals surface area contributed by atoms with Crippen molar-refractivity contribution in [2.24, 2.45) is 5.73 Å². The molecule has 0 bridgehead atoms. The molecule has 0 aromatic heterocycles. The maximum Gasteiger partial charge on any atom is 0.120 e. The van der Waals surface area contributed by atoms with Gasteiger partial charge in [0.1, 0.15) is 10.7 Å². The Bertz CT molecular complexity index is 388. The molecular formula is C11H14N2OS. The van der Waals surface area contributed by atoms with E-state index in [2.05, 4.69) is 5.32 Å². The standard InChI is InChI=1S/C11H14N2OS/c1-14-8-4-5-9(11(12)15)10(6-8)13-7-2-3-7/h4-7,13H,2-3H2,1H3,(H2,12,15). The first kappa shape index (κ1) is 10.2. The van der Waals surface area contributed by atoms with Crippen LogP contribution >= 0.6 is 12.2 Å². The molecule has 15 heavy (non-hydrogen) atoms. The number of hydrogen-bond acceptors (Lipinski definition) is 3. The number of methoxy groups -OCH3 is 1. The smallest absolute Gasteiger partial charge is 0.120 e. The van der Waals surface area contributed by atoms with Crippen LogP contribution in [0.3, 0.4) is 0 Å². The van der Waals surface area contributed by atoms with Crippen molar-refractivity contribution < 1.29 is 4.74 Å². The third-order valence-electron chi connectivity index (χ3n) is 2.43. The molecule has 4 heteroatoms. The summed E-state index contributed by atoms with van der Waals surface area (Å²) in [5, 5.41) is 3.39. The quantitative estimate of drug-likeness (QED) is 0.764. The van der Waals surface area contributed by atoms with Gasteiger partial charge in [-0.1, -0.05) is 12.2 Å². The van der Waals surface area contributed by atoms with E-state index in [9.17, 15) is 0 Å². The number of ether oxygens (including phenoxy) is 1. The van der Waals surface area contributed by atoms with Crippen LogP contribution in [0.25, 0.3) is 0 Å². The summed E-state index contributed by atoms with van der Waals surface area (Å²) in [5.41, 5.74) is 7.52. The average Bonchev–Trinajstić information content (AvgIpc) is 3.01. The Kier molecular flexibility index (Phi) is 2.77. The Morgan fingerprint density at radius 3 is 2.80 bits per heavy atom. The van der Waals surface area contributed by atoms with Crippen molar-refractivity contribution in [1.29, 1.82) is 0 Å². The Morgan fingerprint density at radius 2 is 2.27 bits per heavy atom. The van der Waals surface area contributed by atoms with E-state index in [0.29, 0.717) is 11.0 Å². The van der Waals surface area contributed by atoms with Gasteiger partial charge in [0.05, 0.1) is 7.11 Å². The molecule has 1 fully saturated rings. The molecule has 0 heterocycles. The fourth-order valence-electron chi connectivity index (χ4n) is 1.43. The minimum Gasteiger partial charge on any atom is -0.497 e. The summed E-state index contributed by atoms with van der Waals surface area (Å²) in [4.78, 5) is 0.417. The van der Waals surface area contributed by atoms with E-state index in [0.717, 1.165) is 17.0 Å². The van der Waals surface area contributed by atoms with Crippen molar-refractivity contribution in [3.05, 3.63) is 23.8 Å². The first-order valence-corrected chi connectivity index (χ1v) is 5.36. The number of rotatable bonds is 4. The van der Waals surface area contributed by atoms with Crippen LogP contribution in [0, 0.1) is 0 Å². The van der Waals surface area contributed by atoms with Gasteiger partial charge in [0, 0.05) is 23.4 Å². The van der Waals surface area contributed by atoms with Gasteiger partial charge in [-0.25, -0.2) is 0 Å². The number of benzene rings is 1. The van der Waals surface area contributed by atoms with Gasteiger partial charge >= 0.3 is 0 Å². The predicted molar refractivity (Wildman–Crippen MR) is 65.5 cm³/mol. The van der Waals surface area contributed by atoms with Gasteiger partial charge in [0.25, 0.3) is 0 Å². The van der Waals surface area contributed by atoms with Crippen molar-refractivity contribution in [2.75, 3.05) is 12.4 Å². The topological polar surface area (TPSA) is 47.3 Å². The van der Waals surface area contributed by atoms with Gasteiger partial charge in [-0.2, -0.15) is 0 Å². The molecular weight excluding hydrogens is 208 g/mol. The third-order valence-corrected chi connectivity index (χ3v) is 2.65. The largest absolute Gasteiger partial charge is 0.497 e. The zero-order valence-corrected chi connectivity index (χ0v) is 9.43. The lowest BCUT2D eigenvalue weighted by molar-refractivity contribution is 0.415. The highest BCUT2D eigenvalue weighted by Crippen LogP contribution is 2.29. The van der Waals surface area contributed by atoms with Gasteiger partial charge in [0.2, 0.25) is 0 Å². The van der Waals surface area contributed by atoms with E-state index in [-0.39, 0.29) is 0 Å². The average molecular weight is 222 g/mol. The minimum absolute atomic E-state index is 0.417. The minimum atomic E-state index is 0.417. The molecule has 0 unspecified atom stereocenters. The van der Waals surface area contributed by atoms with Crippen LogP contribution in [0.1, 0.15) is 18.4 Å². The van der Waals surface area contributed by atoms with Crippen LogP contribution in [0.15, 0.2) is 18.2 Å². The third kappa shape index (κ3) is 2.39. The van der Waals surface area contributed by atoms with Crippen LogP contribution in [0.2, 0.25) is 0 Å². The Morgan fingerprint density at radius 1 is 1.53 bits per heavy atom. The second kappa shape index (κ2) is 4.06.